The molecule has 2 aliphatic rings. The van der Waals surface area contributed by atoms with Gasteiger partial charge in [-0.1, -0.05) is 24.3 Å². The number of hydrogen-bond donors (Lipinski definition) is 0. The second-order valence-electron chi connectivity index (χ2n) is 7.15. The molecular weight excluding hydrogens is 379 g/mol. The number of para-hydroxylation sites is 1. The summed E-state index contributed by atoms with van der Waals surface area (Å²) >= 11 is 0. The van der Waals surface area contributed by atoms with Crippen molar-refractivity contribution in [2.24, 2.45) is 0 Å². The van der Waals surface area contributed by atoms with Gasteiger partial charge < -0.3 is 9.64 Å². The molecular formula is C22H30Cl2N2O. The van der Waals surface area contributed by atoms with Crippen molar-refractivity contribution in [3.8, 4) is 5.75 Å². The Kier molecular flexibility index (Phi) is 8.75. The van der Waals surface area contributed by atoms with Gasteiger partial charge in [0.25, 0.3) is 0 Å². The third-order valence-electron chi connectivity index (χ3n) is 5.45. The minimum atomic E-state index is 0. The van der Waals surface area contributed by atoms with Gasteiger partial charge in [-0.15, -0.1) is 24.8 Å². The molecule has 0 amide bonds. The Morgan fingerprint density at radius 2 is 1.56 bits per heavy atom. The Balaban J connectivity index is 0.00000131. The molecule has 0 bridgehead atoms. The van der Waals surface area contributed by atoms with Crippen LogP contribution in [0.4, 0.5) is 5.69 Å². The number of anilines is 1. The molecule has 0 radical (unpaired) electrons. The number of aryl methyl sites for hydroxylation is 2. The number of hydrogen-bond acceptors (Lipinski definition) is 3. The molecule has 1 heterocycles. The third-order valence-corrected chi connectivity index (χ3v) is 5.45. The molecule has 0 aromatic heterocycles. The number of nitrogens with zero attached hydrogens (tertiary/aromatic N) is 2. The lowest BCUT2D eigenvalue weighted by atomic mass is 10.1. The lowest BCUT2D eigenvalue weighted by Crippen LogP contribution is -2.46. The lowest BCUT2D eigenvalue weighted by molar-refractivity contribution is 0.224. The van der Waals surface area contributed by atoms with E-state index in [0.29, 0.717) is 0 Å². The van der Waals surface area contributed by atoms with Gasteiger partial charge >= 0.3 is 0 Å². The van der Waals surface area contributed by atoms with Gasteiger partial charge in [0.1, 0.15) is 5.75 Å². The molecule has 1 saturated heterocycles. The maximum absolute atomic E-state index is 5.98. The van der Waals surface area contributed by atoms with Gasteiger partial charge in [-0.25, -0.2) is 0 Å². The molecule has 0 saturated carbocycles. The molecule has 27 heavy (non-hydrogen) atoms. The van der Waals surface area contributed by atoms with Crippen LogP contribution in [0.2, 0.25) is 0 Å². The molecule has 1 aliphatic heterocycles. The van der Waals surface area contributed by atoms with E-state index in [-0.39, 0.29) is 24.8 Å². The zero-order valence-electron chi connectivity index (χ0n) is 15.8. The highest BCUT2D eigenvalue weighted by Crippen LogP contribution is 2.26. The third kappa shape index (κ3) is 5.78. The predicted octanol–water partition coefficient (Wildman–Crippen LogP) is 4.61. The van der Waals surface area contributed by atoms with Crippen LogP contribution in [0.15, 0.2) is 48.5 Å². The Hall–Kier alpha value is -1.42. The standard InChI is InChI=1S/C22H28N2O.2ClH/c1-2-8-21(9-3-1)24-15-13-23(14-16-24)12-5-17-25-22-11-10-19-6-4-7-20(19)18-22;;/h1-3,8-11,18H,4-7,12-17H2;2*1H. The number of halogens is 2. The summed E-state index contributed by atoms with van der Waals surface area (Å²) in [5, 5.41) is 0. The van der Waals surface area contributed by atoms with E-state index < -0.39 is 0 Å². The van der Waals surface area contributed by atoms with Crippen molar-refractivity contribution >= 4 is 30.5 Å². The summed E-state index contributed by atoms with van der Waals surface area (Å²) < 4.78 is 5.98. The fraction of sp³-hybridized carbons (Fsp3) is 0.455. The summed E-state index contributed by atoms with van der Waals surface area (Å²) in [5.41, 5.74) is 4.36. The van der Waals surface area contributed by atoms with E-state index in [0.717, 1.165) is 51.5 Å². The average Bonchev–Trinajstić information content (AvgIpc) is 3.14. The highest BCUT2D eigenvalue weighted by atomic mass is 35.5. The summed E-state index contributed by atoms with van der Waals surface area (Å²) in [7, 11) is 0. The summed E-state index contributed by atoms with van der Waals surface area (Å²) in [6.07, 6.45) is 4.86. The molecule has 5 heteroatoms. The van der Waals surface area contributed by atoms with Gasteiger partial charge in [0.2, 0.25) is 0 Å². The molecule has 148 valence electrons. The first-order valence-electron chi connectivity index (χ1n) is 9.65. The highest BCUT2D eigenvalue weighted by Gasteiger charge is 2.16. The molecule has 0 unspecified atom stereocenters. The Bertz CT molecular complexity index is 688. The fourth-order valence-corrected chi connectivity index (χ4v) is 3.98. The van der Waals surface area contributed by atoms with Gasteiger partial charge in [-0.3, -0.25) is 4.90 Å². The Labute approximate surface area is 175 Å². The molecule has 3 nitrogen and oxygen atoms in total. The van der Waals surface area contributed by atoms with E-state index >= 15 is 0 Å². The van der Waals surface area contributed by atoms with Crippen LogP contribution in [0.5, 0.6) is 5.75 Å². The predicted molar refractivity (Wildman–Crippen MR) is 118 cm³/mol. The van der Waals surface area contributed by atoms with Crippen molar-refractivity contribution in [2.45, 2.75) is 25.7 Å². The van der Waals surface area contributed by atoms with Crippen LogP contribution in [0.1, 0.15) is 24.0 Å². The van der Waals surface area contributed by atoms with Crippen molar-refractivity contribution in [3.63, 3.8) is 0 Å². The molecule has 1 aliphatic carbocycles. The van der Waals surface area contributed by atoms with Crippen molar-refractivity contribution in [1.82, 2.24) is 4.90 Å². The van der Waals surface area contributed by atoms with Crippen LogP contribution in [0, 0.1) is 0 Å². The molecule has 2 aromatic rings. The van der Waals surface area contributed by atoms with Gasteiger partial charge in [-0.2, -0.15) is 0 Å². The number of fused-ring (bicyclic) bond motifs is 1. The first-order chi connectivity index (χ1) is 12.4. The molecule has 2 aromatic carbocycles. The first-order valence-corrected chi connectivity index (χ1v) is 9.65. The summed E-state index contributed by atoms with van der Waals surface area (Å²) in [5.74, 6) is 1.05. The second kappa shape index (κ2) is 10.8. The van der Waals surface area contributed by atoms with Gasteiger partial charge in [0.15, 0.2) is 0 Å². The zero-order chi connectivity index (χ0) is 16.9. The van der Waals surface area contributed by atoms with Crippen molar-refractivity contribution < 1.29 is 4.74 Å². The van der Waals surface area contributed by atoms with Crippen LogP contribution < -0.4 is 9.64 Å². The molecule has 4 rings (SSSR count). The minimum Gasteiger partial charge on any atom is -0.494 e. The second-order valence-corrected chi connectivity index (χ2v) is 7.15. The number of rotatable bonds is 6. The number of benzene rings is 2. The van der Waals surface area contributed by atoms with E-state index in [1.54, 1.807) is 0 Å². The van der Waals surface area contributed by atoms with Crippen molar-refractivity contribution in [1.29, 1.82) is 0 Å². The maximum Gasteiger partial charge on any atom is 0.119 e. The fourth-order valence-electron chi connectivity index (χ4n) is 3.98. The molecule has 1 fully saturated rings. The van der Waals surface area contributed by atoms with Crippen LogP contribution in [-0.2, 0) is 12.8 Å². The van der Waals surface area contributed by atoms with E-state index in [9.17, 15) is 0 Å². The van der Waals surface area contributed by atoms with Gasteiger partial charge in [-0.05, 0) is 61.1 Å². The molecule has 0 atom stereocenters. The largest absolute Gasteiger partial charge is 0.494 e. The smallest absolute Gasteiger partial charge is 0.119 e. The van der Waals surface area contributed by atoms with E-state index in [1.807, 2.05) is 0 Å². The summed E-state index contributed by atoms with van der Waals surface area (Å²) in [4.78, 5) is 5.04. The van der Waals surface area contributed by atoms with Gasteiger partial charge in [0.05, 0.1) is 6.61 Å². The van der Waals surface area contributed by atoms with Crippen LogP contribution in [0.3, 0.4) is 0 Å². The molecule has 0 spiro atoms. The van der Waals surface area contributed by atoms with Crippen LogP contribution >= 0.6 is 24.8 Å². The van der Waals surface area contributed by atoms with E-state index in [1.165, 1.54) is 36.1 Å². The van der Waals surface area contributed by atoms with Gasteiger partial charge in [0, 0.05) is 38.4 Å². The highest BCUT2D eigenvalue weighted by molar-refractivity contribution is 5.85. The monoisotopic (exact) mass is 408 g/mol. The molecule has 0 N–H and O–H groups in total. The summed E-state index contributed by atoms with van der Waals surface area (Å²) in [6, 6.07) is 17.4. The Morgan fingerprint density at radius 1 is 0.815 bits per heavy atom. The van der Waals surface area contributed by atoms with Crippen molar-refractivity contribution in [2.75, 3.05) is 44.2 Å². The lowest BCUT2D eigenvalue weighted by Gasteiger charge is -2.36. The summed E-state index contributed by atoms with van der Waals surface area (Å²) in [6.45, 7) is 6.48. The minimum absolute atomic E-state index is 0. The number of ether oxygens (including phenoxy) is 1. The normalized spacial score (nSPS) is 16.2. The first kappa shape index (κ1) is 21.9. The average molecular weight is 409 g/mol. The van der Waals surface area contributed by atoms with E-state index in [2.05, 4.69) is 58.3 Å². The van der Waals surface area contributed by atoms with Crippen LogP contribution in [0.25, 0.3) is 0 Å². The Morgan fingerprint density at radius 3 is 2.33 bits per heavy atom. The SMILES string of the molecule is Cl.Cl.c1ccc(N2CCN(CCCOc3ccc4c(c3)CCC4)CC2)cc1. The number of piperazine rings is 1. The van der Waals surface area contributed by atoms with E-state index in [4.69, 9.17) is 4.74 Å². The maximum atomic E-state index is 5.98. The van der Waals surface area contributed by atoms with Crippen LogP contribution in [-0.4, -0.2) is 44.2 Å². The topological polar surface area (TPSA) is 15.7 Å². The quantitative estimate of drug-likeness (QED) is 0.648. The zero-order valence-corrected chi connectivity index (χ0v) is 17.4. The van der Waals surface area contributed by atoms with Crippen molar-refractivity contribution in [3.05, 3.63) is 59.7 Å².